The minimum atomic E-state index is -3.13. The van der Waals surface area contributed by atoms with E-state index in [0.29, 0.717) is 0 Å². The topological polar surface area (TPSA) is 57.5 Å². The summed E-state index contributed by atoms with van der Waals surface area (Å²) in [7, 11) is -3.13. The Kier molecular flexibility index (Phi) is 1710. The molecule has 186 valence electrons. The zero-order valence-electron chi connectivity index (χ0n) is 8.87. The van der Waals surface area contributed by atoms with Crippen LogP contribution in [-0.2, 0) is 346 Å². The van der Waals surface area contributed by atoms with E-state index < -0.39 is 8.25 Å². The van der Waals surface area contributed by atoms with Gasteiger partial charge in [0, 0.05) is 341 Å². The van der Waals surface area contributed by atoms with Crippen LogP contribution in [0.4, 0.5) is 0 Å². The SMILES string of the molecule is O=[PH](O)O.[Fe].[Fe].[Fe].[Fe].[Fe].[Fe].[Fe].[Fe].[Fe].[Fe].[Fe].[Fe].[Fe].[Fe].[Fe].[Fe].[Fe].[Fe].[Fe].[Fe]. The van der Waals surface area contributed by atoms with Crippen LogP contribution >= 0.6 is 8.25 Å². The molecule has 0 aliphatic carbocycles. The Hall–Kier alpha value is 10.5. The Morgan fingerprint density at radius 2 is 0.292 bits per heavy atom. The molecule has 0 rings (SSSR count). The summed E-state index contributed by atoms with van der Waals surface area (Å²) in [6, 6.07) is 0. The quantitative estimate of drug-likeness (QED) is 0.250. The van der Waals surface area contributed by atoms with Crippen molar-refractivity contribution in [2.45, 2.75) is 0 Å². The van der Waals surface area contributed by atoms with Crippen molar-refractivity contribution in [2.24, 2.45) is 0 Å². The van der Waals surface area contributed by atoms with Gasteiger partial charge in [0.1, 0.15) is 0 Å². The van der Waals surface area contributed by atoms with Crippen LogP contribution in [0, 0.1) is 0 Å². The molecule has 0 radical (unpaired) electrons. The molecule has 0 saturated heterocycles. The van der Waals surface area contributed by atoms with Crippen molar-refractivity contribution in [3.8, 4) is 0 Å². The summed E-state index contributed by atoms with van der Waals surface area (Å²) in [4.78, 5) is 14.3. The molecule has 0 amide bonds. The summed E-state index contributed by atoms with van der Waals surface area (Å²) in [5, 5.41) is 0. The van der Waals surface area contributed by atoms with Gasteiger partial charge in [0.2, 0.25) is 0 Å². The molecule has 24 heteroatoms. The molecule has 24 heavy (non-hydrogen) atoms. The zero-order valence-corrected chi connectivity index (χ0v) is 32.0. The summed E-state index contributed by atoms with van der Waals surface area (Å²) < 4.78 is 8.74. The molecule has 0 saturated carbocycles. The molecule has 0 fully saturated rings. The van der Waals surface area contributed by atoms with Gasteiger partial charge in [0.05, 0.1) is 0 Å². The molecule has 0 aromatic carbocycles. The molecule has 2 N–H and O–H groups in total. The van der Waals surface area contributed by atoms with E-state index in [1.807, 2.05) is 0 Å². The van der Waals surface area contributed by atoms with Gasteiger partial charge >= 0.3 is 8.25 Å². The van der Waals surface area contributed by atoms with Gasteiger partial charge in [-0.2, -0.15) is 0 Å². The van der Waals surface area contributed by atoms with Gasteiger partial charge in [-0.3, -0.25) is 4.57 Å². The molecule has 0 aromatic heterocycles. The first-order valence-electron chi connectivity index (χ1n) is 0.651. The van der Waals surface area contributed by atoms with Crippen molar-refractivity contribution in [2.75, 3.05) is 0 Å². The van der Waals surface area contributed by atoms with E-state index in [-0.39, 0.29) is 341 Å². The maximum atomic E-state index is 8.74. The third-order valence-corrected chi connectivity index (χ3v) is 0. The molecule has 0 aromatic rings. The third kappa shape index (κ3) is 291. The van der Waals surface area contributed by atoms with Crippen molar-refractivity contribution in [1.82, 2.24) is 0 Å². The minimum absolute atomic E-state index is 0. The van der Waals surface area contributed by atoms with Crippen LogP contribution in [0.2, 0.25) is 0 Å². The number of rotatable bonds is 0. The van der Waals surface area contributed by atoms with Crippen LogP contribution in [0.25, 0.3) is 0 Å². The van der Waals surface area contributed by atoms with Gasteiger partial charge in [-0.25, -0.2) is 0 Å². The second-order valence-corrected chi connectivity index (χ2v) is 0.848. The van der Waals surface area contributed by atoms with Gasteiger partial charge < -0.3 is 9.79 Å². The van der Waals surface area contributed by atoms with Crippen molar-refractivity contribution in [1.29, 1.82) is 0 Å². The normalized spacial score (nSPS) is 1.46. The summed E-state index contributed by atoms with van der Waals surface area (Å²) in [5.41, 5.74) is 0. The smallest absolute Gasteiger partial charge is 0.314 e. The van der Waals surface area contributed by atoms with Crippen molar-refractivity contribution in [3.05, 3.63) is 0 Å². The minimum Gasteiger partial charge on any atom is -0.326 e. The van der Waals surface area contributed by atoms with Crippen LogP contribution in [0.3, 0.4) is 0 Å². The zero-order chi connectivity index (χ0) is 3.58. The third-order valence-electron chi connectivity index (χ3n) is 0. The first-order valence-corrected chi connectivity index (χ1v) is 1.95. The molecule has 0 heterocycles. The van der Waals surface area contributed by atoms with E-state index >= 15 is 0 Å². The summed E-state index contributed by atoms with van der Waals surface area (Å²) in [5.74, 6) is 0. The second kappa shape index (κ2) is 194. The first-order chi connectivity index (χ1) is 1.73. The average Bonchev–Trinajstić information content (AvgIpc) is 0.811. The van der Waals surface area contributed by atoms with Crippen molar-refractivity contribution >= 4 is 8.25 Å². The molecule has 0 bridgehead atoms. The van der Waals surface area contributed by atoms with Crippen molar-refractivity contribution in [3.63, 3.8) is 0 Å². The molecule has 0 spiro atoms. The van der Waals surface area contributed by atoms with E-state index in [4.69, 9.17) is 14.4 Å². The predicted molar refractivity (Wildman–Crippen MR) is 13.4 cm³/mol. The van der Waals surface area contributed by atoms with Gasteiger partial charge in [-0.1, -0.05) is 0 Å². The summed E-state index contributed by atoms with van der Waals surface area (Å²) >= 11 is 0. The molecule has 0 aliphatic heterocycles. The Bertz CT molecular complexity index is 41.9. The van der Waals surface area contributed by atoms with Crippen LogP contribution in [0.15, 0.2) is 0 Å². The number of hydrogen-bond donors (Lipinski definition) is 2. The fraction of sp³-hybridized carbons (Fsp3) is 0. The Labute approximate surface area is 356 Å². The van der Waals surface area contributed by atoms with Crippen LogP contribution < -0.4 is 0 Å². The van der Waals surface area contributed by atoms with Crippen molar-refractivity contribution < 1.29 is 356 Å². The Balaban J connectivity index is -0.000000000237. The molecule has 0 atom stereocenters. The van der Waals surface area contributed by atoms with Gasteiger partial charge in [-0.05, 0) is 0 Å². The van der Waals surface area contributed by atoms with Crippen LogP contribution in [0.1, 0.15) is 0 Å². The van der Waals surface area contributed by atoms with E-state index in [0.717, 1.165) is 0 Å². The Morgan fingerprint density at radius 1 is 0.292 bits per heavy atom. The fourth-order valence-electron chi connectivity index (χ4n) is 0. The standard InChI is InChI=1S/20Fe.H3O3P/c;;;;;;;;;;;;;;;;;;;;1-4(2)3/h;;;;;;;;;;;;;;;;;;;;4H,(H2,1,2,3). The maximum absolute atomic E-state index is 8.74. The molecular formula is H3Fe20O3P. The van der Waals surface area contributed by atoms with Gasteiger partial charge in [-0.15, -0.1) is 0 Å². The van der Waals surface area contributed by atoms with Gasteiger partial charge in [0.25, 0.3) is 0 Å². The molecule has 3 nitrogen and oxygen atoms in total. The summed E-state index contributed by atoms with van der Waals surface area (Å²) in [6.07, 6.45) is 0. The maximum Gasteiger partial charge on any atom is 0.314 e. The fourth-order valence-corrected chi connectivity index (χ4v) is 0. The largest absolute Gasteiger partial charge is 0.326 e. The Morgan fingerprint density at radius 3 is 0.292 bits per heavy atom. The first kappa shape index (κ1) is 212. The second-order valence-electron chi connectivity index (χ2n) is 0.283. The monoisotopic (exact) mass is 1200 g/mol. The predicted octanol–water partition coefficient (Wildman–Crippen LogP) is -0.689. The van der Waals surface area contributed by atoms with E-state index in [1.165, 1.54) is 0 Å². The molecular weight excluding hydrogens is 1200 g/mol. The van der Waals surface area contributed by atoms with Crippen LogP contribution in [-0.4, -0.2) is 9.79 Å². The summed E-state index contributed by atoms with van der Waals surface area (Å²) in [6.45, 7) is 0. The average molecular weight is 1200 g/mol. The van der Waals surface area contributed by atoms with E-state index in [1.54, 1.807) is 0 Å². The van der Waals surface area contributed by atoms with Crippen LogP contribution in [0.5, 0.6) is 0 Å². The van der Waals surface area contributed by atoms with E-state index in [2.05, 4.69) is 0 Å². The van der Waals surface area contributed by atoms with E-state index in [9.17, 15) is 0 Å². The number of hydrogen-bond acceptors (Lipinski definition) is 1. The molecule has 0 unspecified atom stereocenters. The van der Waals surface area contributed by atoms with Gasteiger partial charge in [0.15, 0.2) is 0 Å². The molecule has 0 aliphatic rings.